The van der Waals surface area contributed by atoms with Crippen molar-refractivity contribution in [3.05, 3.63) is 34.9 Å². The summed E-state index contributed by atoms with van der Waals surface area (Å²) in [5, 5.41) is 0. The summed E-state index contributed by atoms with van der Waals surface area (Å²) in [7, 11) is 0. The number of nitrogens with two attached hydrogens (primary N) is 2. The van der Waals surface area contributed by atoms with Gasteiger partial charge in [-0.25, -0.2) is 0 Å². The molecule has 2 heteroatoms. The minimum atomic E-state index is -0.123. The second-order valence-electron chi connectivity index (χ2n) is 6.18. The molecule has 0 heterocycles. The summed E-state index contributed by atoms with van der Waals surface area (Å²) in [6.07, 6.45) is 9.35. The van der Waals surface area contributed by atoms with Crippen LogP contribution in [-0.4, -0.2) is 6.04 Å². The van der Waals surface area contributed by atoms with E-state index >= 15 is 0 Å². The Kier molecular flexibility index (Phi) is 3.16. The van der Waals surface area contributed by atoms with E-state index in [1.54, 1.807) is 11.1 Å². The molecule has 2 nitrogen and oxygen atoms in total. The Labute approximate surface area is 110 Å². The van der Waals surface area contributed by atoms with Crippen molar-refractivity contribution in [3.8, 4) is 0 Å². The van der Waals surface area contributed by atoms with Crippen LogP contribution in [0.25, 0.3) is 0 Å². The first-order valence-electron chi connectivity index (χ1n) is 7.34. The average molecular weight is 244 g/mol. The van der Waals surface area contributed by atoms with Crippen LogP contribution in [-0.2, 0) is 18.4 Å². The highest BCUT2D eigenvalue weighted by Crippen LogP contribution is 2.36. The van der Waals surface area contributed by atoms with Crippen LogP contribution in [0.1, 0.15) is 55.2 Å². The molecule has 0 saturated heterocycles. The maximum atomic E-state index is 6.62. The van der Waals surface area contributed by atoms with Gasteiger partial charge in [0.1, 0.15) is 0 Å². The molecule has 0 amide bonds. The van der Waals surface area contributed by atoms with Gasteiger partial charge in [-0.05, 0) is 68.1 Å². The van der Waals surface area contributed by atoms with Gasteiger partial charge in [-0.15, -0.1) is 0 Å². The monoisotopic (exact) mass is 244 g/mol. The maximum absolute atomic E-state index is 6.62. The third kappa shape index (κ3) is 2.19. The van der Waals surface area contributed by atoms with Crippen LogP contribution in [0.2, 0.25) is 0 Å². The van der Waals surface area contributed by atoms with E-state index in [9.17, 15) is 0 Å². The van der Waals surface area contributed by atoms with E-state index in [2.05, 4.69) is 18.2 Å². The number of hydrogen-bond donors (Lipinski definition) is 2. The third-order valence-corrected chi connectivity index (χ3v) is 4.85. The standard InChI is InChI=1S/C16H24N2/c17-15-7-9-16(18,10-8-15)14-6-5-12-3-1-2-4-13(12)11-14/h5-6,11,15H,1-4,7-10,17-18H2. The second-order valence-corrected chi connectivity index (χ2v) is 6.18. The quantitative estimate of drug-likeness (QED) is 0.798. The molecule has 1 saturated carbocycles. The van der Waals surface area contributed by atoms with Gasteiger partial charge in [0.15, 0.2) is 0 Å². The fourth-order valence-corrected chi connectivity index (χ4v) is 3.49. The normalized spacial score (nSPS) is 32.0. The number of hydrogen-bond acceptors (Lipinski definition) is 2. The Bertz CT molecular complexity index is 431. The van der Waals surface area contributed by atoms with Gasteiger partial charge in [0, 0.05) is 11.6 Å². The van der Waals surface area contributed by atoms with Crippen LogP contribution in [0.5, 0.6) is 0 Å². The number of benzene rings is 1. The Hall–Kier alpha value is -0.860. The molecule has 1 fully saturated rings. The summed E-state index contributed by atoms with van der Waals surface area (Å²) in [5.41, 5.74) is 16.9. The second kappa shape index (κ2) is 4.67. The lowest BCUT2D eigenvalue weighted by atomic mass is 9.74. The van der Waals surface area contributed by atoms with E-state index in [0.717, 1.165) is 25.7 Å². The minimum absolute atomic E-state index is 0.123. The summed E-state index contributed by atoms with van der Waals surface area (Å²) < 4.78 is 0. The van der Waals surface area contributed by atoms with E-state index < -0.39 is 0 Å². The van der Waals surface area contributed by atoms with Gasteiger partial charge < -0.3 is 11.5 Å². The van der Waals surface area contributed by atoms with Gasteiger partial charge in [-0.2, -0.15) is 0 Å². The SMILES string of the molecule is NC1CCC(N)(c2ccc3c(c2)CCCC3)CC1. The van der Waals surface area contributed by atoms with E-state index in [4.69, 9.17) is 11.5 Å². The van der Waals surface area contributed by atoms with Gasteiger partial charge in [0.05, 0.1) is 0 Å². The van der Waals surface area contributed by atoms with Crippen LogP contribution in [0.4, 0.5) is 0 Å². The van der Waals surface area contributed by atoms with Gasteiger partial charge in [0.2, 0.25) is 0 Å². The lowest BCUT2D eigenvalue weighted by Crippen LogP contribution is -2.43. The summed E-state index contributed by atoms with van der Waals surface area (Å²) in [6, 6.07) is 7.32. The molecule has 18 heavy (non-hydrogen) atoms. The first kappa shape index (κ1) is 12.2. The Morgan fingerprint density at radius 3 is 2.39 bits per heavy atom. The molecule has 0 spiro atoms. The highest BCUT2D eigenvalue weighted by Gasteiger charge is 2.32. The maximum Gasteiger partial charge on any atom is 0.0410 e. The first-order chi connectivity index (χ1) is 8.67. The molecule has 98 valence electrons. The van der Waals surface area contributed by atoms with E-state index in [1.807, 2.05) is 0 Å². The van der Waals surface area contributed by atoms with Crippen LogP contribution < -0.4 is 11.5 Å². The van der Waals surface area contributed by atoms with Gasteiger partial charge in [0.25, 0.3) is 0 Å². The topological polar surface area (TPSA) is 52.0 Å². The molecule has 0 unspecified atom stereocenters. The van der Waals surface area contributed by atoms with Crippen molar-refractivity contribution in [2.24, 2.45) is 11.5 Å². The van der Waals surface area contributed by atoms with Crippen LogP contribution in [0, 0.1) is 0 Å². The van der Waals surface area contributed by atoms with E-state index in [-0.39, 0.29) is 5.54 Å². The molecule has 0 radical (unpaired) electrons. The van der Waals surface area contributed by atoms with Crippen molar-refractivity contribution in [2.45, 2.75) is 62.9 Å². The highest BCUT2D eigenvalue weighted by atomic mass is 14.8. The molecular formula is C16H24N2. The van der Waals surface area contributed by atoms with Crippen LogP contribution in [0.15, 0.2) is 18.2 Å². The first-order valence-corrected chi connectivity index (χ1v) is 7.34. The Balaban J connectivity index is 1.87. The molecule has 1 aromatic carbocycles. The molecule has 2 aliphatic rings. The van der Waals surface area contributed by atoms with Crippen molar-refractivity contribution in [1.82, 2.24) is 0 Å². The highest BCUT2D eigenvalue weighted by molar-refractivity contribution is 5.37. The minimum Gasteiger partial charge on any atom is -0.328 e. The smallest absolute Gasteiger partial charge is 0.0410 e. The Morgan fingerprint density at radius 1 is 1.00 bits per heavy atom. The zero-order valence-electron chi connectivity index (χ0n) is 11.1. The predicted octanol–water partition coefficient (Wildman–Crippen LogP) is 2.62. The molecule has 0 atom stereocenters. The molecule has 0 bridgehead atoms. The zero-order chi connectivity index (χ0) is 12.6. The number of fused-ring (bicyclic) bond motifs is 1. The molecule has 0 aliphatic heterocycles. The fourth-order valence-electron chi connectivity index (χ4n) is 3.49. The van der Waals surface area contributed by atoms with Crippen molar-refractivity contribution in [1.29, 1.82) is 0 Å². The number of rotatable bonds is 1. The molecule has 1 aromatic rings. The molecule has 2 aliphatic carbocycles. The van der Waals surface area contributed by atoms with Gasteiger partial charge in [-0.3, -0.25) is 0 Å². The summed E-state index contributed by atoms with van der Waals surface area (Å²) in [4.78, 5) is 0. The molecule has 3 rings (SSSR count). The third-order valence-electron chi connectivity index (χ3n) is 4.85. The van der Waals surface area contributed by atoms with Crippen molar-refractivity contribution < 1.29 is 0 Å². The fraction of sp³-hybridized carbons (Fsp3) is 0.625. The van der Waals surface area contributed by atoms with E-state index in [0.29, 0.717) is 6.04 Å². The summed E-state index contributed by atoms with van der Waals surface area (Å²) in [5.74, 6) is 0. The van der Waals surface area contributed by atoms with Gasteiger partial charge in [-0.1, -0.05) is 18.2 Å². The van der Waals surface area contributed by atoms with Crippen molar-refractivity contribution in [3.63, 3.8) is 0 Å². The molecule has 0 aromatic heterocycles. The largest absolute Gasteiger partial charge is 0.328 e. The Morgan fingerprint density at radius 2 is 1.67 bits per heavy atom. The van der Waals surface area contributed by atoms with Crippen molar-refractivity contribution in [2.75, 3.05) is 0 Å². The summed E-state index contributed by atoms with van der Waals surface area (Å²) in [6.45, 7) is 0. The number of aryl methyl sites for hydroxylation is 2. The van der Waals surface area contributed by atoms with Gasteiger partial charge >= 0.3 is 0 Å². The molecule has 4 N–H and O–H groups in total. The van der Waals surface area contributed by atoms with Crippen molar-refractivity contribution >= 4 is 0 Å². The predicted molar refractivity (Wildman–Crippen MR) is 75.4 cm³/mol. The van der Waals surface area contributed by atoms with Crippen LogP contribution in [0.3, 0.4) is 0 Å². The zero-order valence-corrected chi connectivity index (χ0v) is 11.1. The van der Waals surface area contributed by atoms with E-state index in [1.165, 1.54) is 31.2 Å². The van der Waals surface area contributed by atoms with Crippen LogP contribution >= 0.6 is 0 Å². The lowest BCUT2D eigenvalue weighted by molar-refractivity contribution is 0.277. The average Bonchev–Trinajstić information content (AvgIpc) is 2.42. The lowest BCUT2D eigenvalue weighted by Gasteiger charge is -2.37. The molecular weight excluding hydrogens is 220 g/mol. The summed E-state index contributed by atoms with van der Waals surface area (Å²) >= 11 is 0.